The maximum absolute atomic E-state index is 10.7. The molecule has 0 aromatic carbocycles. The van der Waals surface area contributed by atoms with Gasteiger partial charge in [-0.2, -0.15) is 0 Å². The van der Waals surface area contributed by atoms with Gasteiger partial charge in [-0.1, -0.05) is 6.07 Å². The maximum atomic E-state index is 10.7. The van der Waals surface area contributed by atoms with Crippen molar-refractivity contribution in [1.82, 2.24) is 0 Å². The van der Waals surface area contributed by atoms with Crippen LogP contribution in [0.3, 0.4) is 0 Å². The van der Waals surface area contributed by atoms with Gasteiger partial charge in [-0.15, -0.1) is 22.7 Å². The molecule has 2 rings (SSSR count). The largest absolute Gasteiger partial charge is 0.371 e. The lowest BCUT2D eigenvalue weighted by molar-refractivity contribution is 0.112. The van der Waals surface area contributed by atoms with Crippen LogP contribution in [0.2, 0.25) is 0 Å². The highest BCUT2D eigenvalue weighted by Crippen LogP contribution is 2.24. The van der Waals surface area contributed by atoms with Crippen LogP contribution in [0.15, 0.2) is 29.0 Å². The van der Waals surface area contributed by atoms with E-state index in [0.717, 1.165) is 23.3 Å². The first kappa shape index (κ1) is 12.3. The van der Waals surface area contributed by atoms with Gasteiger partial charge in [0.25, 0.3) is 0 Å². The Balaban J connectivity index is 2.03. The van der Waals surface area contributed by atoms with Crippen LogP contribution in [-0.2, 0) is 6.42 Å². The van der Waals surface area contributed by atoms with Crippen molar-refractivity contribution < 1.29 is 4.79 Å². The third kappa shape index (κ3) is 2.96. The SMILES string of the molecule is CC(Cc1cccs1)N(C)c1csc(C=O)c1. The zero-order chi connectivity index (χ0) is 12.3. The lowest BCUT2D eigenvalue weighted by Gasteiger charge is -2.25. The smallest absolute Gasteiger partial charge is 0.160 e. The van der Waals surface area contributed by atoms with Crippen LogP contribution in [0.25, 0.3) is 0 Å². The summed E-state index contributed by atoms with van der Waals surface area (Å²) in [4.78, 5) is 15.1. The molecule has 0 aliphatic heterocycles. The zero-order valence-electron chi connectivity index (χ0n) is 9.92. The molecule has 2 nitrogen and oxygen atoms in total. The molecule has 0 amide bonds. The Morgan fingerprint density at radius 1 is 1.47 bits per heavy atom. The second-order valence-electron chi connectivity index (χ2n) is 4.07. The van der Waals surface area contributed by atoms with Crippen molar-refractivity contribution in [3.05, 3.63) is 38.7 Å². The molecule has 2 aromatic heterocycles. The molecule has 0 aliphatic rings. The van der Waals surface area contributed by atoms with E-state index in [1.54, 1.807) is 11.3 Å². The summed E-state index contributed by atoms with van der Waals surface area (Å²) in [6, 6.07) is 6.63. The van der Waals surface area contributed by atoms with E-state index in [-0.39, 0.29) is 0 Å². The molecule has 0 spiro atoms. The number of hydrogen-bond acceptors (Lipinski definition) is 4. The predicted molar refractivity (Wildman–Crippen MR) is 75.6 cm³/mol. The number of hydrogen-bond donors (Lipinski definition) is 0. The molecule has 0 fully saturated rings. The number of aldehydes is 1. The average Bonchev–Trinajstić information content (AvgIpc) is 2.98. The van der Waals surface area contributed by atoms with Crippen molar-refractivity contribution in [2.24, 2.45) is 0 Å². The summed E-state index contributed by atoms with van der Waals surface area (Å²) in [7, 11) is 2.08. The number of rotatable bonds is 5. The highest BCUT2D eigenvalue weighted by Gasteiger charge is 2.12. The average molecular weight is 265 g/mol. The molecule has 2 aromatic rings. The van der Waals surface area contributed by atoms with Crippen LogP contribution in [0, 0.1) is 0 Å². The van der Waals surface area contributed by atoms with Crippen LogP contribution in [-0.4, -0.2) is 19.4 Å². The molecule has 1 atom stereocenters. The Morgan fingerprint density at radius 3 is 2.88 bits per heavy atom. The third-order valence-electron chi connectivity index (χ3n) is 2.87. The number of carbonyl (C=O) groups is 1. The van der Waals surface area contributed by atoms with Gasteiger partial charge in [-0.3, -0.25) is 4.79 Å². The van der Waals surface area contributed by atoms with Gasteiger partial charge in [0.2, 0.25) is 0 Å². The van der Waals surface area contributed by atoms with Gasteiger partial charge in [-0.25, -0.2) is 0 Å². The molecule has 0 saturated carbocycles. The highest BCUT2D eigenvalue weighted by atomic mass is 32.1. The molecule has 0 aliphatic carbocycles. The Morgan fingerprint density at radius 2 is 2.29 bits per heavy atom. The highest BCUT2D eigenvalue weighted by molar-refractivity contribution is 7.12. The summed E-state index contributed by atoms with van der Waals surface area (Å²) in [5.41, 5.74) is 1.13. The molecule has 2 heterocycles. The number of thiophene rings is 2. The standard InChI is InChI=1S/C13H15NOS2/c1-10(6-12-4-3-5-16-12)14(2)11-7-13(8-15)17-9-11/h3-5,7-10H,6H2,1-2H3. The van der Waals surface area contributed by atoms with Gasteiger partial charge in [0.05, 0.1) is 4.88 Å². The van der Waals surface area contributed by atoms with E-state index in [2.05, 4.69) is 36.4 Å². The van der Waals surface area contributed by atoms with E-state index in [1.165, 1.54) is 16.2 Å². The summed E-state index contributed by atoms with van der Waals surface area (Å²) in [5.74, 6) is 0. The van der Waals surface area contributed by atoms with E-state index in [0.29, 0.717) is 6.04 Å². The Kier molecular flexibility index (Phi) is 3.97. The van der Waals surface area contributed by atoms with Crippen molar-refractivity contribution in [2.75, 3.05) is 11.9 Å². The van der Waals surface area contributed by atoms with Crippen molar-refractivity contribution in [1.29, 1.82) is 0 Å². The minimum atomic E-state index is 0.433. The van der Waals surface area contributed by atoms with Gasteiger partial charge in [0.15, 0.2) is 6.29 Å². The van der Waals surface area contributed by atoms with Gasteiger partial charge in [0.1, 0.15) is 0 Å². The first-order valence-corrected chi connectivity index (χ1v) is 7.25. The summed E-state index contributed by atoms with van der Waals surface area (Å²) in [5, 5.41) is 4.14. The number of anilines is 1. The van der Waals surface area contributed by atoms with E-state index in [4.69, 9.17) is 0 Å². The minimum absolute atomic E-state index is 0.433. The van der Waals surface area contributed by atoms with Gasteiger partial charge in [0, 0.05) is 35.5 Å². The summed E-state index contributed by atoms with van der Waals surface area (Å²) < 4.78 is 0. The first-order valence-electron chi connectivity index (χ1n) is 5.49. The Hall–Kier alpha value is -1.13. The Labute approximate surface area is 110 Å². The summed E-state index contributed by atoms with van der Waals surface area (Å²) in [6.07, 6.45) is 1.95. The van der Waals surface area contributed by atoms with Gasteiger partial charge < -0.3 is 4.90 Å². The molecule has 90 valence electrons. The fourth-order valence-electron chi connectivity index (χ4n) is 1.70. The normalized spacial score (nSPS) is 12.4. The first-order chi connectivity index (χ1) is 8.20. The molecule has 0 bridgehead atoms. The fraction of sp³-hybridized carbons (Fsp3) is 0.308. The van der Waals surface area contributed by atoms with Crippen molar-refractivity contribution in [2.45, 2.75) is 19.4 Å². The second kappa shape index (κ2) is 5.47. The van der Waals surface area contributed by atoms with Crippen LogP contribution >= 0.6 is 22.7 Å². The van der Waals surface area contributed by atoms with Gasteiger partial charge in [-0.05, 0) is 24.4 Å². The topological polar surface area (TPSA) is 20.3 Å². The van der Waals surface area contributed by atoms with Crippen LogP contribution < -0.4 is 4.90 Å². The zero-order valence-corrected chi connectivity index (χ0v) is 11.6. The fourth-order valence-corrected chi connectivity index (χ4v) is 3.26. The molecule has 0 saturated heterocycles. The van der Waals surface area contributed by atoms with Crippen LogP contribution in [0.4, 0.5) is 5.69 Å². The van der Waals surface area contributed by atoms with Crippen molar-refractivity contribution in [3.8, 4) is 0 Å². The molecule has 0 N–H and O–H groups in total. The van der Waals surface area contributed by atoms with E-state index < -0.39 is 0 Å². The minimum Gasteiger partial charge on any atom is -0.371 e. The van der Waals surface area contributed by atoms with E-state index in [1.807, 2.05) is 11.4 Å². The lowest BCUT2D eigenvalue weighted by atomic mass is 10.2. The Bertz CT molecular complexity index is 475. The summed E-state index contributed by atoms with van der Waals surface area (Å²) >= 11 is 3.29. The number of nitrogens with zero attached hydrogens (tertiary/aromatic N) is 1. The van der Waals surface area contributed by atoms with Crippen LogP contribution in [0.5, 0.6) is 0 Å². The molecule has 4 heteroatoms. The molecule has 1 unspecified atom stereocenters. The second-order valence-corrected chi connectivity index (χ2v) is 6.04. The quantitative estimate of drug-likeness (QED) is 0.768. The van der Waals surface area contributed by atoms with Crippen molar-refractivity contribution >= 4 is 34.6 Å². The molecular formula is C13H15NOS2. The van der Waals surface area contributed by atoms with Gasteiger partial charge >= 0.3 is 0 Å². The maximum Gasteiger partial charge on any atom is 0.160 e. The van der Waals surface area contributed by atoms with E-state index in [9.17, 15) is 4.79 Å². The molecule has 17 heavy (non-hydrogen) atoms. The predicted octanol–water partition coefficient (Wildman–Crippen LogP) is 3.69. The molecule has 0 radical (unpaired) electrons. The van der Waals surface area contributed by atoms with E-state index >= 15 is 0 Å². The third-order valence-corrected chi connectivity index (χ3v) is 4.61. The number of likely N-dealkylation sites (N-methyl/N-ethyl adjacent to an activating group) is 1. The van der Waals surface area contributed by atoms with Crippen LogP contribution in [0.1, 0.15) is 21.5 Å². The summed E-state index contributed by atoms with van der Waals surface area (Å²) in [6.45, 7) is 2.21. The van der Waals surface area contributed by atoms with Crippen molar-refractivity contribution in [3.63, 3.8) is 0 Å². The monoisotopic (exact) mass is 265 g/mol. The lowest BCUT2D eigenvalue weighted by Crippen LogP contribution is -2.30. The molecular weight excluding hydrogens is 250 g/mol. The number of carbonyl (C=O) groups excluding carboxylic acids is 1.